The molecule has 0 amide bonds. The lowest BCUT2D eigenvalue weighted by Gasteiger charge is -2.14. The molecule has 0 aliphatic carbocycles. The second-order valence-electron chi connectivity index (χ2n) is 20.2. The molecule has 0 aliphatic rings. The Morgan fingerprint density at radius 1 is 0.284 bits per heavy atom. The van der Waals surface area contributed by atoms with Crippen LogP contribution in [0.1, 0.15) is 19.4 Å². The summed E-state index contributed by atoms with van der Waals surface area (Å²) in [5, 5.41) is 6.96. The predicted molar refractivity (Wildman–Crippen MR) is 354 cm³/mol. The largest absolute Gasteiger partial charge is 0.396 e. The number of hydrogen-bond acceptors (Lipinski definition) is 3. The molecule has 0 radical (unpaired) electrons. The smallest absolute Gasteiger partial charge is 0.0936 e. The van der Waals surface area contributed by atoms with Crippen LogP contribution in [-0.2, 0) is 0 Å². The summed E-state index contributed by atoms with van der Waals surface area (Å²) >= 11 is 1.92. The Kier molecular flexibility index (Phi) is 14.8. The first-order valence-corrected chi connectivity index (χ1v) is 28.6. The van der Waals surface area contributed by atoms with E-state index in [1.807, 2.05) is 61.6 Å². The van der Waals surface area contributed by atoms with Crippen molar-refractivity contribution in [1.29, 1.82) is 0 Å². The quantitative estimate of drug-likeness (QED) is 0.0873. The summed E-state index contributed by atoms with van der Waals surface area (Å²) < 4.78 is 2.60. The lowest BCUT2D eigenvalue weighted by molar-refractivity contribution is 1.47. The first-order valence-electron chi connectivity index (χ1n) is 27.8. The average Bonchev–Trinajstić information content (AvgIpc) is 4.16. The van der Waals surface area contributed by atoms with E-state index < -0.39 is 0 Å². The van der Waals surface area contributed by atoms with Crippen LogP contribution in [0.15, 0.2) is 290 Å². The fourth-order valence-electron chi connectivity index (χ4n) is 11.3. The molecule has 1 aromatic heterocycles. The Labute approximate surface area is 479 Å². The highest BCUT2D eigenvalue weighted by atomic mass is 32.1. The van der Waals surface area contributed by atoms with Gasteiger partial charge in [-0.25, -0.2) is 0 Å². The fraction of sp³-hybridized carbons (Fsp3) is 0.0385. The summed E-state index contributed by atoms with van der Waals surface area (Å²) in [5.41, 5.74) is 28.3. The minimum atomic E-state index is 0.703. The summed E-state index contributed by atoms with van der Waals surface area (Å²) in [6.45, 7) is 9.81. The zero-order chi connectivity index (χ0) is 55.2. The van der Waals surface area contributed by atoms with Gasteiger partial charge in [0.05, 0.1) is 11.4 Å². The Hall–Kier alpha value is -9.93. The van der Waals surface area contributed by atoms with Crippen molar-refractivity contribution in [1.82, 2.24) is 0 Å². The molecule has 0 saturated carbocycles. The molecule has 0 aliphatic heterocycles. The third-order valence-corrected chi connectivity index (χ3v) is 16.4. The lowest BCUT2D eigenvalue weighted by atomic mass is 9.89. The maximum absolute atomic E-state index is 6.16. The number of rotatable bonds is 9. The molecule has 0 saturated heterocycles. The third kappa shape index (κ3) is 10.5. The van der Waals surface area contributed by atoms with E-state index in [-0.39, 0.29) is 0 Å². The van der Waals surface area contributed by atoms with Crippen LogP contribution >= 0.6 is 11.3 Å². The van der Waals surface area contributed by atoms with Gasteiger partial charge < -0.3 is 5.73 Å². The van der Waals surface area contributed by atoms with E-state index in [4.69, 9.17) is 5.73 Å². The van der Waals surface area contributed by atoms with Gasteiger partial charge in [-0.3, -0.25) is 4.99 Å². The molecule has 0 atom stereocenters. The van der Waals surface area contributed by atoms with Gasteiger partial charge in [0.1, 0.15) is 0 Å². The van der Waals surface area contributed by atoms with Crippen LogP contribution in [0.3, 0.4) is 0 Å². The number of nitrogens with two attached hydrogens (primary N) is 1. The highest BCUT2D eigenvalue weighted by Crippen LogP contribution is 2.49. The van der Waals surface area contributed by atoms with E-state index in [0.717, 1.165) is 21.8 Å². The minimum absolute atomic E-state index is 0.703. The van der Waals surface area contributed by atoms with E-state index in [2.05, 4.69) is 267 Å². The van der Waals surface area contributed by atoms with E-state index in [1.54, 1.807) is 0 Å². The first kappa shape index (κ1) is 51.8. The van der Waals surface area contributed by atoms with Gasteiger partial charge in [0.15, 0.2) is 0 Å². The predicted octanol–water partition coefficient (Wildman–Crippen LogP) is 22.6. The number of anilines is 1. The van der Waals surface area contributed by atoms with E-state index in [9.17, 15) is 0 Å². The number of nitrogen functional groups attached to an aromatic ring is 1. The molecule has 14 aromatic rings. The van der Waals surface area contributed by atoms with E-state index >= 15 is 0 Å². The molecule has 388 valence electrons. The number of benzene rings is 13. The molecule has 3 heteroatoms. The number of thiophene rings is 1. The third-order valence-electron chi connectivity index (χ3n) is 15.2. The number of aryl methyl sites for hydroxylation is 1. The monoisotopic (exact) mass is 1060 g/mol. The molecular formula is C78H60N2S. The Balaban J connectivity index is 0.000000290. The van der Waals surface area contributed by atoms with Gasteiger partial charge in [-0.15, -0.1) is 11.3 Å². The van der Waals surface area contributed by atoms with Crippen LogP contribution in [0.5, 0.6) is 0 Å². The van der Waals surface area contributed by atoms with Crippen LogP contribution in [0.2, 0.25) is 0 Å². The summed E-state index contributed by atoms with van der Waals surface area (Å²) in [5.74, 6) is 0. The van der Waals surface area contributed by atoms with Gasteiger partial charge in [-0.1, -0.05) is 244 Å². The maximum Gasteiger partial charge on any atom is 0.0936 e. The van der Waals surface area contributed by atoms with Crippen molar-refractivity contribution in [3.8, 4) is 89.0 Å². The Morgan fingerprint density at radius 2 is 0.593 bits per heavy atom. The molecule has 2 N–H and O–H groups in total. The highest BCUT2D eigenvalue weighted by Gasteiger charge is 2.20. The Bertz CT molecular complexity index is 4430. The van der Waals surface area contributed by atoms with Crippen molar-refractivity contribution >= 4 is 71.1 Å². The number of fused-ring (bicyclic) bond motifs is 6. The van der Waals surface area contributed by atoms with Gasteiger partial charge >= 0.3 is 0 Å². The molecule has 14 rings (SSSR count). The SMILES string of the molecule is C=Nc1c(N)c2ccccc2c2ccccc12.CC.Cc1cccc(-c2cc(-c3cc(-c4ccccc4)cc(-c4ccccc4)c3)cc3c2sc2c(-c4ccccc4)cc(-c4cc(-c5ccccc5)cc(-c5ccccc5)c4)cc23)c1. The number of aliphatic imine (C=N–C) groups is 1. The van der Waals surface area contributed by atoms with Crippen LogP contribution in [0, 0.1) is 6.92 Å². The van der Waals surface area contributed by atoms with Gasteiger partial charge in [-0.2, -0.15) is 0 Å². The maximum atomic E-state index is 6.16. The molecule has 1 heterocycles. The van der Waals surface area contributed by atoms with Crippen LogP contribution < -0.4 is 5.73 Å². The standard InChI is InChI=1S/C61H42S.C15H12N2.C2H6/c1-41-18-17-29-47(30-41)57-38-55(53-35-50(44-23-11-4-12-24-44)32-51(36-53)45-25-13-5-14-26-45)40-59-58-39-54(37-56(60(58)62-61(57)59)46-27-15-6-16-28-46)52-33-48(42-19-7-2-8-20-42)31-49(34-52)43-21-9-3-10-22-43;1-17-15-13-9-5-3-7-11(13)10-6-2-4-8-12(10)14(15)16;1-2/h2-40H,1H3;2-9H,1,16H2;1-2H3. The molecule has 0 bridgehead atoms. The number of hydrogen-bond donors (Lipinski definition) is 1. The van der Waals surface area contributed by atoms with E-state index in [1.165, 1.54) is 120 Å². The van der Waals surface area contributed by atoms with E-state index in [0.29, 0.717) is 5.69 Å². The molecule has 81 heavy (non-hydrogen) atoms. The number of nitrogens with zero attached hydrogens (tertiary/aromatic N) is 1. The van der Waals surface area contributed by atoms with Gasteiger partial charge in [-0.05, 0) is 163 Å². The van der Waals surface area contributed by atoms with Crippen molar-refractivity contribution in [2.75, 3.05) is 5.73 Å². The first-order chi connectivity index (χ1) is 39.9. The lowest BCUT2D eigenvalue weighted by Crippen LogP contribution is -1.90. The van der Waals surface area contributed by atoms with Crippen molar-refractivity contribution < 1.29 is 0 Å². The zero-order valence-electron chi connectivity index (χ0n) is 45.8. The van der Waals surface area contributed by atoms with Gasteiger partial charge in [0, 0.05) is 42.1 Å². The van der Waals surface area contributed by atoms with Crippen LogP contribution in [0.25, 0.3) is 131 Å². The second-order valence-corrected chi connectivity index (χ2v) is 21.2. The van der Waals surface area contributed by atoms with Gasteiger partial charge in [0.25, 0.3) is 0 Å². The minimum Gasteiger partial charge on any atom is -0.396 e. The van der Waals surface area contributed by atoms with Crippen molar-refractivity contribution in [3.63, 3.8) is 0 Å². The summed E-state index contributed by atoms with van der Waals surface area (Å²) in [6, 6.07) is 103. The molecule has 0 fully saturated rings. The van der Waals surface area contributed by atoms with Crippen molar-refractivity contribution in [2.45, 2.75) is 20.8 Å². The summed E-state index contributed by atoms with van der Waals surface area (Å²) in [6.07, 6.45) is 0. The van der Waals surface area contributed by atoms with Gasteiger partial charge in [0.2, 0.25) is 0 Å². The molecule has 0 unspecified atom stereocenters. The zero-order valence-corrected chi connectivity index (χ0v) is 46.6. The summed E-state index contributed by atoms with van der Waals surface area (Å²) in [7, 11) is 0. The van der Waals surface area contributed by atoms with Crippen molar-refractivity contribution in [3.05, 3.63) is 291 Å². The summed E-state index contributed by atoms with van der Waals surface area (Å²) in [4.78, 5) is 4.07. The Morgan fingerprint density at radius 3 is 0.988 bits per heavy atom. The van der Waals surface area contributed by atoms with Crippen LogP contribution in [-0.4, -0.2) is 6.72 Å². The van der Waals surface area contributed by atoms with Crippen LogP contribution in [0.4, 0.5) is 11.4 Å². The fourth-order valence-corrected chi connectivity index (χ4v) is 12.6. The average molecular weight is 1060 g/mol. The molecule has 2 nitrogen and oxygen atoms in total. The molecule has 0 spiro atoms. The molecule has 13 aromatic carbocycles. The second kappa shape index (κ2) is 23.2. The normalized spacial score (nSPS) is 11.0. The van der Waals surface area contributed by atoms with Crippen molar-refractivity contribution in [2.24, 2.45) is 4.99 Å². The molecular weight excluding hydrogens is 997 g/mol. The highest BCUT2D eigenvalue weighted by molar-refractivity contribution is 7.27. The topological polar surface area (TPSA) is 38.4 Å².